The number of benzene rings is 1. The second kappa shape index (κ2) is 6.15. The third-order valence-electron chi connectivity index (χ3n) is 3.40. The number of carbonyl (C=O) groups excluding carboxylic acids is 1. The Hall–Kier alpha value is -2.97. The Morgan fingerprint density at radius 3 is 2.52 bits per heavy atom. The van der Waals surface area contributed by atoms with Gasteiger partial charge in [-0.2, -0.15) is 18.3 Å². The summed E-state index contributed by atoms with van der Waals surface area (Å²) in [5.74, 6) is -1.35. The Morgan fingerprint density at radius 2 is 1.92 bits per heavy atom. The maximum atomic E-state index is 13.4. The van der Waals surface area contributed by atoms with E-state index in [0.29, 0.717) is 4.52 Å². The van der Waals surface area contributed by atoms with Crippen molar-refractivity contribution < 1.29 is 27.1 Å². The van der Waals surface area contributed by atoms with Gasteiger partial charge in [-0.1, -0.05) is 0 Å². The minimum absolute atomic E-state index is 0.0555. The Morgan fingerprint density at radius 1 is 1.24 bits per heavy atom. The summed E-state index contributed by atoms with van der Waals surface area (Å²) in [6.45, 7) is 1.63. The highest BCUT2D eigenvalue weighted by atomic mass is 19.4. The second-order valence-corrected chi connectivity index (χ2v) is 5.05. The molecular formula is C16H11F4N3O2. The van der Waals surface area contributed by atoms with Crippen molar-refractivity contribution in [2.24, 2.45) is 0 Å². The van der Waals surface area contributed by atoms with Gasteiger partial charge in [0.2, 0.25) is 0 Å². The van der Waals surface area contributed by atoms with Crippen LogP contribution in [0.2, 0.25) is 0 Å². The minimum atomic E-state index is -4.73. The van der Waals surface area contributed by atoms with E-state index in [2.05, 4.69) is 10.1 Å². The summed E-state index contributed by atoms with van der Waals surface area (Å²) in [6, 6.07) is 5.61. The Kier molecular flexibility index (Phi) is 4.15. The van der Waals surface area contributed by atoms with Gasteiger partial charge in [-0.15, -0.1) is 0 Å². The quantitative estimate of drug-likeness (QED) is 0.532. The van der Waals surface area contributed by atoms with Gasteiger partial charge >= 0.3 is 12.1 Å². The molecule has 0 amide bonds. The standard InChI is InChI=1S/C16H11F4N3O2/c1-2-25-15(24)11-8-21-23-13(16(18,19)20)7-12(22-14(11)23)9-3-5-10(17)6-4-9/h3-8H,2H2,1H3. The monoisotopic (exact) mass is 353 g/mol. The summed E-state index contributed by atoms with van der Waals surface area (Å²) in [6.07, 6.45) is -3.75. The van der Waals surface area contributed by atoms with Gasteiger partial charge in [0, 0.05) is 5.56 Å². The molecule has 1 aromatic carbocycles. The van der Waals surface area contributed by atoms with E-state index in [1.54, 1.807) is 6.92 Å². The third-order valence-corrected chi connectivity index (χ3v) is 3.40. The number of nitrogens with zero attached hydrogens (tertiary/aromatic N) is 3. The first-order valence-corrected chi connectivity index (χ1v) is 7.20. The zero-order chi connectivity index (χ0) is 18.2. The number of alkyl halides is 3. The zero-order valence-electron chi connectivity index (χ0n) is 12.8. The van der Waals surface area contributed by atoms with Gasteiger partial charge in [-0.25, -0.2) is 18.7 Å². The molecule has 0 aliphatic carbocycles. The van der Waals surface area contributed by atoms with Crippen LogP contribution in [0.3, 0.4) is 0 Å². The van der Waals surface area contributed by atoms with E-state index in [1.807, 2.05) is 0 Å². The number of esters is 1. The van der Waals surface area contributed by atoms with E-state index in [-0.39, 0.29) is 29.1 Å². The average Bonchev–Trinajstić information content (AvgIpc) is 2.97. The lowest BCUT2D eigenvalue weighted by Crippen LogP contribution is -2.14. The fraction of sp³-hybridized carbons (Fsp3) is 0.188. The fourth-order valence-corrected chi connectivity index (χ4v) is 2.29. The lowest BCUT2D eigenvalue weighted by atomic mass is 10.1. The molecule has 0 unspecified atom stereocenters. The number of rotatable bonds is 3. The van der Waals surface area contributed by atoms with Crippen molar-refractivity contribution in [2.45, 2.75) is 13.1 Å². The molecule has 0 bridgehead atoms. The molecule has 0 N–H and O–H groups in total. The molecule has 0 spiro atoms. The van der Waals surface area contributed by atoms with Gasteiger partial charge in [-0.3, -0.25) is 0 Å². The summed E-state index contributed by atoms with van der Waals surface area (Å²) >= 11 is 0. The Labute approximate surface area is 138 Å². The summed E-state index contributed by atoms with van der Waals surface area (Å²) < 4.78 is 58.5. The van der Waals surface area contributed by atoms with E-state index in [0.717, 1.165) is 24.4 Å². The largest absolute Gasteiger partial charge is 0.462 e. The van der Waals surface area contributed by atoms with E-state index < -0.39 is 23.7 Å². The van der Waals surface area contributed by atoms with Crippen LogP contribution in [-0.4, -0.2) is 27.2 Å². The van der Waals surface area contributed by atoms with Crippen LogP contribution in [0.1, 0.15) is 23.0 Å². The van der Waals surface area contributed by atoms with E-state index in [4.69, 9.17) is 4.74 Å². The number of aromatic nitrogens is 3. The smallest absolute Gasteiger partial charge is 0.433 e. The summed E-state index contributed by atoms with van der Waals surface area (Å²) in [5, 5.41) is 3.61. The van der Waals surface area contributed by atoms with Crippen molar-refractivity contribution in [3.63, 3.8) is 0 Å². The molecule has 0 atom stereocenters. The molecule has 0 saturated carbocycles. The van der Waals surface area contributed by atoms with Crippen molar-refractivity contribution in [2.75, 3.05) is 6.61 Å². The predicted molar refractivity (Wildman–Crippen MR) is 79.3 cm³/mol. The van der Waals surface area contributed by atoms with Gasteiger partial charge in [0.05, 0.1) is 18.5 Å². The molecule has 2 aromatic heterocycles. The summed E-state index contributed by atoms with van der Waals surface area (Å²) in [5.41, 5.74) is -1.37. The van der Waals surface area contributed by atoms with Crippen molar-refractivity contribution in [3.05, 3.63) is 53.6 Å². The molecule has 130 valence electrons. The lowest BCUT2D eigenvalue weighted by molar-refractivity contribution is -0.142. The Bertz CT molecular complexity index is 933. The normalized spacial score (nSPS) is 11.7. The molecule has 0 aliphatic rings. The number of hydrogen-bond donors (Lipinski definition) is 0. The number of ether oxygens (including phenoxy) is 1. The molecule has 0 fully saturated rings. The molecular weight excluding hydrogens is 342 g/mol. The van der Waals surface area contributed by atoms with Crippen molar-refractivity contribution in [3.8, 4) is 11.3 Å². The molecule has 25 heavy (non-hydrogen) atoms. The van der Waals surface area contributed by atoms with Gasteiger partial charge in [0.25, 0.3) is 0 Å². The van der Waals surface area contributed by atoms with Crippen LogP contribution in [0, 0.1) is 5.82 Å². The number of halogens is 4. The number of carbonyl (C=O) groups is 1. The van der Waals surface area contributed by atoms with Gasteiger partial charge in [0.15, 0.2) is 11.3 Å². The highest BCUT2D eigenvalue weighted by molar-refractivity contribution is 5.96. The fourth-order valence-electron chi connectivity index (χ4n) is 2.29. The molecule has 3 aromatic rings. The average molecular weight is 353 g/mol. The van der Waals surface area contributed by atoms with Gasteiger partial charge in [0.1, 0.15) is 11.4 Å². The number of fused-ring (bicyclic) bond motifs is 1. The van der Waals surface area contributed by atoms with Crippen LogP contribution in [0.15, 0.2) is 36.5 Å². The number of hydrogen-bond acceptors (Lipinski definition) is 4. The second-order valence-electron chi connectivity index (χ2n) is 5.05. The molecule has 3 rings (SSSR count). The van der Waals surface area contributed by atoms with Crippen LogP contribution >= 0.6 is 0 Å². The minimum Gasteiger partial charge on any atom is -0.462 e. The summed E-state index contributed by atoms with van der Waals surface area (Å²) in [7, 11) is 0. The maximum absolute atomic E-state index is 13.4. The van der Waals surface area contributed by atoms with E-state index >= 15 is 0 Å². The SMILES string of the molecule is CCOC(=O)c1cnn2c(C(F)(F)F)cc(-c3ccc(F)cc3)nc12. The predicted octanol–water partition coefficient (Wildman–Crippen LogP) is 3.73. The van der Waals surface area contributed by atoms with Crippen molar-refractivity contribution in [1.82, 2.24) is 14.6 Å². The van der Waals surface area contributed by atoms with Crippen LogP contribution < -0.4 is 0 Å². The van der Waals surface area contributed by atoms with Gasteiger partial charge < -0.3 is 4.74 Å². The molecule has 5 nitrogen and oxygen atoms in total. The first-order valence-electron chi connectivity index (χ1n) is 7.20. The third kappa shape index (κ3) is 3.17. The first kappa shape index (κ1) is 16.9. The van der Waals surface area contributed by atoms with Crippen LogP contribution in [0.5, 0.6) is 0 Å². The van der Waals surface area contributed by atoms with E-state index in [1.165, 1.54) is 12.1 Å². The lowest BCUT2D eigenvalue weighted by Gasteiger charge is -2.11. The highest BCUT2D eigenvalue weighted by Crippen LogP contribution is 2.32. The van der Waals surface area contributed by atoms with Crippen LogP contribution in [-0.2, 0) is 10.9 Å². The van der Waals surface area contributed by atoms with E-state index in [9.17, 15) is 22.4 Å². The van der Waals surface area contributed by atoms with Gasteiger partial charge in [-0.05, 0) is 37.3 Å². The molecule has 0 aliphatic heterocycles. The highest BCUT2D eigenvalue weighted by Gasteiger charge is 2.36. The first-order chi connectivity index (χ1) is 11.8. The van der Waals surface area contributed by atoms with Crippen LogP contribution in [0.25, 0.3) is 16.9 Å². The summed E-state index contributed by atoms with van der Waals surface area (Å²) in [4.78, 5) is 16.0. The molecule has 0 radical (unpaired) electrons. The van der Waals surface area contributed by atoms with Crippen molar-refractivity contribution >= 4 is 11.6 Å². The Balaban J connectivity index is 2.26. The molecule has 9 heteroatoms. The van der Waals surface area contributed by atoms with Crippen LogP contribution in [0.4, 0.5) is 17.6 Å². The maximum Gasteiger partial charge on any atom is 0.433 e. The topological polar surface area (TPSA) is 56.5 Å². The van der Waals surface area contributed by atoms with Crippen molar-refractivity contribution in [1.29, 1.82) is 0 Å². The molecule has 0 saturated heterocycles. The zero-order valence-corrected chi connectivity index (χ0v) is 12.8. The molecule has 2 heterocycles.